The summed E-state index contributed by atoms with van der Waals surface area (Å²) >= 11 is 6.11. The molecule has 2 unspecified atom stereocenters. The number of carbonyl (C=O) groups is 2. The van der Waals surface area contributed by atoms with Crippen molar-refractivity contribution in [2.45, 2.75) is 38.5 Å². The molecule has 1 aromatic carbocycles. The molecule has 0 saturated carbocycles. The Kier molecular flexibility index (Phi) is 6.15. The first-order valence-corrected chi connectivity index (χ1v) is 11.0. The lowest BCUT2D eigenvalue weighted by atomic mass is 10.1. The van der Waals surface area contributed by atoms with Crippen molar-refractivity contribution in [3.8, 4) is 0 Å². The van der Waals surface area contributed by atoms with E-state index in [2.05, 4.69) is 33.0 Å². The lowest BCUT2D eigenvalue weighted by molar-refractivity contribution is -0.127. The van der Waals surface area contributed by atoms with Crippen molar-refractivity contribution in [3.05, 3.63) is 34.9 Å². The third kappa shape index (κ3) is 4.11. The van der Waals surface area contributed by atoms with Gasteiger partial charge >= 0.3 is 6.03 Å². The van der Waals surface area contributed by atoms with Crippen molar-refractivity contribution in [2.75, 3.05) is 39.8 Å². The number of amides is 3. The van der Waals surface area contributed by atoms with Gasteiger partial charge in [0.1, 0.15) is 0 Å². The predicted octanol–water partition coefficient (Wildman–Crippen LogP) is 1.81. The van der Waals surface area contributed by atoms with Gasteiger partial charge in [-0.3, -0.25) is 15.0 Å². The largest absolute Gasteiger partial charge is 0.340 e. The van der Waals surface area contributed by atoms with Gasteiger partial charge in [-0.1, -0.05) is 37.1 Å². The second-order valence-corrected chi connectivity index (χ2v) is 8.57. The van der Waals surface area contributed by atoms with Crippen LogP contribution in [-0.2, 0) is 11.3 Å². The highest BCUT2D eigenvalue weighted by Crippen LogP contribution is 2.26. The maximum atomic E-state index is 12.6. The molecule has 8 nitrogen and oxygen atoms in total. The van der Waals surface area contributed by atoms with E-state index in [1.807, 2.05) is 18.2 Å². The zero-order valence-electron chi connectivity index (χ0n) is 17.6. The van der Waals surface area contributed by atoms with E-state index in [0.29, 0.717) is 0 Å². The second-order valence-electron chi connectivity index (χ2n) is 8.13. The normalized spacial score (nSPS) is 24.8. The lowest BCUT2D eigenvalue weighted by Gasteiger charge is -2.40. The van der Waals surface area contributed by atoms with Crippen molar-refractivity contribution < 1.29 is 9.59 Å². The summed E-state index contributed by atoms with van der Waals surface area (Å²) in [6.45, 7) is 7.24. The highest BCUT2D eigenvalue weighted by atomic mass is 35.5. The van der Waals surface area contributed by atoms with Crippen molar-refractivity contribution >= 4 is 29.5 Å². The molecule has 162 valence electrons. The molecule has 0 aromatic heterocycles. The van der Waals surface area contributed by atoms with Gasteiger partial charge in [0.25, 0.3) is 5.91 Å². The number of imide groups is 1. The van der Waals surface area contributed by atoms with E-state index >= 15 is 0 Å². The van der Waals surface area contributed by atoms with Gasteiger partial charge in [0.2, 0.25) is 0 Å². The number of rotatable bonds is 5. The van der Waals surface area contributed by atoms with Crippen molar-refractivity contribution in [1.82, 2.24) is 24.9 Å². The van der Waals surface area contributed by atoms with Crippen LogP contribution in [0.25, 0.3) is 0 Å². The smallest absolute Gasteiger partial charge is 0.325 e. The molecule has 1 aromatic rings. The van der Waals surface area contributed by atoms with Gasteiger partial charge in [0, 0.05) is 51.3 Å². The maximum Gasteiger partial charge on any atom is 0.325 e. The van der Waals surface area contributed by atoms with Crippen LogP contribution in [0.1, 0.15) is 25.3 Å². The second kappa shape index (κ2) is 8.81. The van der Waals surface area contributed by atoms with Gasteiger partial charge in [-0.2, -0.15) is 0 Å². The molecule has 2 atom stereocenters. The van der Waals surface area contributed by atoms with Crippen LogP contribution >= 0.6 is 11.6 Å². The van der Waals surface area contributed by atoms with E-state index in [1.165, 1.54) is 10.5 Å². The van der Waals surface area contributed by atoms with Gasteiger partial charge < -0.3 is 14.7 Å². The summed E-state index contributed by atoms with van der Waals surface area (Å²) in [6.07, 6.45) is 1.55. The minimum absolute atomic E-state index is 0.252. The quantitative estimate of drug-likeness (QED) is 0.768. The first-order valence-electron chi connectivity index (χ1n) is 10.6. The number of guanidine groups is 1. The molecule has 3 aliphatic heterocycles. The van der Waals surface area contributed by atoms with E-state index in [9.17, 15) is 9.59 Å². The number of likely N-dealkylation sites (N-methyl/N-ethyl adjacent to an activating group) is 1. The van der Waals surface area contributed by atoms with Crippen LogP contribution in [0.5, 0.6) is 0 Å². The fraction of sp³-hybridized carbons (Fsp3) is 0.571. The summed E-state index contributed by atoms with van der Waals surface area (Å²) in [5.41, 5.74) is 1.21. The Morgan fingerprint density at radius 3 is 2.67 bits per heavy atom. The van der Waals surface area contributed by atoms with Crippen molar-refractivity contribution in [1.29, 1.82) is 0 Å². The zero-order valence-corrected chi connectivity index (χ0v) is 18.3. The predicted molar refractivity (Wildman–Crippen MR) is 116 cm³/mol. The Labute approximate surface area is 182 Å². The van der Waals surface area contributed by atoms with Crippen LogP contribution in [0, 0.1) is 0 Å². The number of fused-ring (bicyclic) bond motifs is 1. The molecule has 9 heteroatoms. The summed E-state index contributed by atoms with van der Waals surface area (Å²) in [5.74, 6) is 0.593. The maximum absolute atomic E-state index is 12.6. The topological polar surface area (TPSA) is 71.5 Å². The monoisotopic (exact) mass is 432 g/mol. The molecule has 4 rings (SSSR count). The number of urea groups is 1. The first-order chi connectivity index (χ1) is 14.5. The minimum Gasteiger partial charge on any atom is -0.340 e. The molecule has 2 fully saturated rings. The molecule has 30 heavy (non-hydrogen) atoms. The molecule has 3 aliphatic rings. The molecule has 0 radical (unpaired) electrons. The fourth-order valence-electron chi connectivity index (χ4n) is 4.34. The number of carbonyl (C=O) groups excluding carboxylic acids is 2. The average molecular weight is 433 g/mol. The first kappa shape index (κ1) is 20.9. The van der Waals surface area contributed by atoms with Gasteiger partial charge in [-0.25, -0.2) is 9.79 Å². The van der Waals surface area contributed by atoms with Gasteiger partial charge in [-0.15, -0.1) is 0 Å². The van der Waals surface area contributed by atoms with E-state index in [-0.39, 0.29) is 11.9 Å². The Hall–Kier alpha value is -2.32. The molecule has 0 bridgehead atoms. The summed E-state index contributed by atoms with van der Waals surface area (Å²) < 4.78 is 0. The molecule has 3 heterocycles. The van der Waals surface area contributed by atoms with Crippen LogP contribution in [0.4, 0.5) is 4.79 Å². The number of hydrogen-bond acceptors (Lipinski definition) is 6. The third-order valence-electron chi connectivity index (χ3n) is 6.04. The SMILES string of the molecule is CCCCN1C(N2CCN(Cc3cccc(Cl)c3)CC2)=NC2C1C(=O)NC(=O)N2C. The van der Waals surface area contributed by atoms with Gasteiger partial charge in [0.15, 0.2) is 18.2 Å². The van der Waals surface area contributed by atoms with E-state index < -0.39 is 12.2 Å². The molecule has 3 amide bonds. The van der Waals surface area contributed by atoms with Crippen molar-refractivity contribution in [2.24, 2.45) is 4.99 Å². The Bertz CT molecular complexity index is 839. The Morgan fingerprint density at radius 1 is 1.20 bits per heavy atom. The number of halogens is 1. The summed E-state index contributed by atoms with van der Waals surface area (Å²) in [7, 11) is 1.70. The Balaban J connectivity index is 1.45. The highest BCUT2D eigenvalue weighted by molar-refractivity contribution is 6.30. The number of nitrogens with zero attached hydrogens (tertiary/aromatic N) is 5. The zero-order chi connectivity index (χ0) is 21.3. The summed E-state index contributed by atoms with van der Waals surface area (Å²) in [4.78, 5) is 37.8. The summed E-state index contributed by atoms with van der Waals surface area (Å²) in [5, 5.41) is 3.23. The van der Waals surface area contributed by atoms with Gasteiger partial charge in [-0.05, 0) is 24.1 Å². The average Bonchev–Trinajstić information content (AvgIpc) is 3.11. The molecule has 2 saturated heterocycles. The van der Waals surface area contributed by atoms with Gasteiger partial charge in [0.05, 0.1) is 0 Å². The molecular formula is C21H29ClN6O2. The third-order valence-corrected chi connectivity index (χ3v) is 6.28. The number of piperazine rings is 1. The van der Waals surface area contributed by atoms with E-state index in [0.717, 1.165) is 63.1 Å². The summed E-state index contributed by atoms with van der Waals surface area (Å²) in [6, 6.07) is 7.16. The fourth-order valence-corrected chi connectivity index (χ4v) is 4.55. The van der Waals surface area contributed by atoms with Crippen LogP contribution in [0.3, 0.4) is 0 Å². The molecule has 0 spiro atoms. The van der Waals surface area contributed by atoms with Crippen LogP contribution in [0.15, 0.2) is 29.3 Å². The van der Waals surface area contributed by atoms with Crippen LogP contribution in [0.2, 0.25) is 5.02 Å². The van der Waals surface area contributed by atoms with Crippen LogP contribution in [-0.4, -0.2) is 89.5 Å². The number of hydrogen-bond donors (Lipinski definition) is 1. The van der Waals surface area contributed by atoms with E-state index in [4.69, 9.17) is 16.6 Å². The standard InChI is InChI=1S/C21H29ClN6O2/c1-3-4-8-28-17-18(25(2)21(30)24-19(17)29)23-20(28)27-11-9-26(10-12-27)14-15-6-5-7-16(22)13-15/h5-7,13,17-18H,3-4,8-12,14H2,1-2H3,(H,24,29,30). The number of aliphatic imine (C=N–C) groups is 1. The lowest BCUT2D eigenvalue weighted by Crippen LogP contribution is -2.64. The minimum atomic E-state index is -0.456. The molecule has 1 N–H and O–H groups in total. The number of nitrogens with one attached hydrogen (secondary N) is 1. The molecular weight excluding hydrogens is 404 g/mol. The van der Waals surface area contributed by atoms with Crippen molar-refractivity contribution in [3.63, 3.8) is 0 Å². The van der Waals surface area contributed by atoms with E-state index in [1.54, 1.807) is 7.05 Å². The number of unbranched alkanes of at least 4 members (excludes halogenated alkanes) is 1. The highest BCUT2D eigenvalue weighted by Gasteiger charge is 2.49. The van der Waals surface area contributed by atoms with Crippen LogP contribution < -0.4 is 5.32 Å². The molecule has 0 aliphatic carbocycles. The number of benzene rings is 1. The Morgan fingerprint density at radius 2 is 1.97 bits per heavy atom.